The Morgan fingerprint density at radius 3 is 2.91 bits per heavy atom. The molecule has 0 aliphatic heterocycles. The van der Waals surface area contributed by atoms with E-state index in [9.17, 15) is 4.79 Å². The first kappa shape index (κ1) is 14.3. The Kier molecular flexibility index (Phi) is 3.65. The fourth-order valence-corrected chi connectivity index (χ4v) is 2.34. The molecule has 3 N–H and O–H groups in total. The fourth-order valence-electron chi connectivity index (χ4n) is 2.34. The van der Waals surface area contributed by atoms with Crippen molar-refractivity contribution in [3.63, 3.8) is 0 Å². The van der Waals surface area contributed by atoms with Crippen LogP contribution in [0.2, 0.25) is 0 Å². The monoisotopic (exact) mass is 294 g/mol. The van der Waals surface area contributed by atoms with Crippen LogP contribution in [-0.2, 0) is 0 Å². The molecule has 1 aromatic carbocycles. The lowest BCUT2D eigenvalue weighted by atomic mass is 10.1. The molecule has 0 saturated carbocycles. The number of rotatable bonds is 3. The first-order valence-corrected chi connectivity index (χ1v) is 7.16. The molecule has 1 amide bonds. The zero-order valence-corrected chi connectivity index (χ0v) is 12.6. The van der Waals surface area contributed by atoms with Crippen LogP contribution in [0.25, 0.3) is 5.65 Å². The predicted octanol–water partition coefficient (Wildman–Crippen LogP) is 2.91. The third kappa shape index (κ3) is 2.58. The molecule has 0 radical (unpaired) electrons. The second-order valence-corrected chi connectivity index (χ2v) is 5.39. The van der Waals surface area contributed by atoms with Gasteiger partial charge in [0, 0.05) is 17.9 Å². The zero-order chi connectivity index (χ0) is 15.7. The summed E-state index contributed by atoms with van der Waals surface area (Å²) in [6.45, 7) is 3.87. The number of aromatic nitrogens is 2. The Morgan fingerprint density at radius 2 is 2.14 bits per heavy atom. The minimum absolute atomic E-state index is 0.0768. The van der Waals surface area contributed by atoms with Crippen LogP contribution in [0.4, 0.5) is 5.69 Å². The number of carbonyl (C=O) groups is 1. The number of nitrogens with two attached hydrogens (primary N) is 1. The maximum atomic E-state index is 12.5. The van der Waals surface area contributed by atoms with Crippen LogP contribution >= 0.6 is 0 Å². The van der Waals surface area contributed by atoms with E-state index in [1.165, 1.54) is 0 Å². The van der Waals surface area contributed by atoms with Crippen molar-refractivity contribution in [2.24, 2.45) is 5.73 Å². The lowest BCUT2D eigenvalue weighted by Gasteiger charge is -2.12. The summed E-state index contributed by atoms with van der Waals surface area (Å²) in [5.74, 6) is -0.191. The number of pyridine rings is 1. The number of anilines is 1. The molecule has 0 fully saturated rings. The second kappa shape index (κ2) is 5.61. The Labute approximate surface area is 128 Å². The highest BCUT2D eigenvalue weighted by atomic mass is 16.1. The van der Waals surface area contributed by atoms with Crippen molar-refractivity contribution in [3.05, 3.63) is 65.6 Å². The normalized spacial score (nSPS) is 12.3. The Hall–Kier alpha value is -2.66. The van der Waals surface area contributed by atoms with E-state index in [0.717, 1.165) is 22.5 Å². The maximum Gasteiger partial charge on any atom is 0.274 e. The molecular formula is C17H18N4O. The molecule has 0 bridgehead atoms. The fraction of sp³-hybridized carbons (Fsp3) is 0.176. The van der Waals surface area contributed by atoms with Crippen LogP contribution < -0.4 is 11.1 Å². The molecule has 22 heavy (non-hydrogen) atoms. The number of benzene rings is 1. The van der Waals surface area contributed by atoms with Gasteiger partial charge in [0.2, 0.25) is 0 Å². The van der Waals surface area contributed by atoms with E-state index in [1.54, 1.807) is 10.6 Å². The van der Waals surface area contributed by atoms with Gasteiger partial charge in [-0.05, 0) is 43.2 Å². The Morgan fingerprint density at radius 1 is 1.32 bits per heavy atom. The second-order valence-electron chi connectivity index (χ2n) is 5.39. The van der Waals surface area contributed by atoms with Gasteiger partial charge in [0.1, 0.15) is 11.3 Å². The molecule has 2 heterocycles. The number of imidazole rings is 1. The highest BCUT2D eigenvalue weighted by Crippen LogP contribution is 2.21. The lowest BCUT2D eigenvalue weighted by Crippen LogP contribution is -2.15. The third-order valence-corrected chi connectivity index (χ3v) is 3.69. The summed E-state index contributed by atoms with van der Waals surface area (Å²) in [7, 11) is 0. The molecule has 5 nitrogen and oxygen atoms in total. The minimum Gasteiger partial charge on any atom is -0.324 e. The molecule has 0 saturated heterocycles. The van der Waals surface area contributed by atoms with E-state index < -0.39 is 0 Å². The quantitative estimate of drug-likeness (QED) is 0.780. The van der Waals surface area contributed by atoms with Gasteiger partial charge in [-0.1, -0.05) is 18.2 Å². The first-order valence-electron chi connectivity index (χ1n) is 7.16. The molecule has 0 aliphatic rings. The summed E-state index contributed by atoms with van der Waals surface area (Å²) in [6.07, 6.45) is 3.40. The molecule has 1 unspecified atom stereocenters. The van der Waals surface area contributed by atoms with Crippen LogP contribution in [0, 0.1) is 6.92 Å². The van der Waals surface area contributed by atoms with Crippen LogP contribution in [0.15, 0.2) is 48.8 Å². The summed E-state index contributed by atoms with van der Waals surface area (Å²) < 4.78 is 1.76. The number of carbonyl (C=O) groups excluding carboxylic acids is 1. The summed E-state index contributed by atoms with van der Waals surface area (Å²) >= 11 is 0. The van der Waals surface area contributed by atoms with Gasteiger partial charge in [0.05, 0.1) is 6.20 Å². The van der Waals surface area contributed by atoms with Crippen molar-refractivity contribution in [2.75, 3.05) is 5.32 Å². The summed E-state index contributed by atoms with van der Waals surface area (Å²) in [6, 6.07) is 11.4. The van der Waals surface area contributed by atoms with Crippen LogP contribution in [0.5, 0.6) is 0 Å². The average Bonchev–Trinajstić information content (AvgIpc) is 2.93. The standard InChI is InChI=1S/C17H18N4O/c1-11-6-7-13(12(2)18)9-14(11)20-17(22)15-10-19-16-5-3-4-8-21(15)16/h3-10,12H,18H2,1-2H3,(H,20,22). The number of nitrogens with zero attached hydrogens (tertiary/aromatic N) is 2. The SMILES string of the molecule is Cc1ccc(C(C)N)cc1NC(=O)c1cnc2ccccn12. The van der Waals surface area contributed by atoms with E-state index in [0.29, 0.717) is 5.69 Å². The van der Waals surface area contributed by atoms with Gasteiger partial charge in [0.25, 0.3) is 5.91 Å². The van der Waals surface area contributed by atoms with Crippen LogP contribution in [0.1, 0.15) is 34.6 Å². The van der Waals surface area contributed by atoms with E-state index >= 15 is 0 Å². The van der Waals surface area contributed by atoms with Gasteiger partial charge < -0.3 is 11.1 Å². The number of aryl methyl sites for hydroxylation is 1. The molecule has 5 heteroatoms. The number of hydrogen-bond donors (Lipinski definition) is 2. The number of amides is 1. The van der Waals surface area contributed by atoms with E-state index in [4.69, 9.17) is 5.73 Å². The van der Waals surface area contributed by atoms with Crippen molar-refractivity contribution in [1.82, 2.24) is 9.38 Å². The minimum atomic E-state index is -0.191. The first-order chi connectivity index (χ1) is 10.6. The largest absolute Gasteiger partial charge is 0.324 e. The highest BCUT2D eigenvalue weighted by Gasteiger charge is 2.13. The maximum absolute atomic E-state index is 12.5. The van der Waals surface area contributed by atoms with E-state index in [1.807, 2.05) is 56.4 Å². The average molecular weight is 294 g/mol. The molecule has 0 aliphatic carbocycles. The molecule has 3 aromatic rings. The predicted molar refractivity (Wildman–Crippen MR) is 86.9 cm³/mol. The Balaban J connectivity index is 1.93. The van der Waals surface area contributed by atoms with Gasteiger partial charge in [-0.25, -0.2) is 4.98 Å². The summed E-state index contributed by atoms with van der Waals surface area (Å²) in [5, 5.41) is 2.94. The third-order valence-electron chi connectivity index (χ3n) is 3.69. The summed E-state index contributed by atoms with van der Waals surface area (Å²) in [4.78, 5) is 16.8. The number of fused-ring (bicyclic) bond motifs is 1. The highest BCUT2D eigenvalue weighted by molar-refractivity contribution is 6.03. The molecule has 2 aromatic heterocycles. The van der Waals surface area contributed by atoms with E-state index in [2.05, 4.69) is 10.3 Å². The summed E-state index contributed by atoms with van der Waals surface area (Å²) in [5.41, 5.74) is 9.90. The van der Waals surface area contributed by atoms with Gasteiger partial charge in [-0.2, -0.15) is 0 Å². The van der Waals surface area contributed by atoms with Gasteiger partial charge in [0.15, 0.2) is 0 Å². The van der Waals surface area contributed by atoms with Crippen molar-refractivity contribution < 1.29 is 4.79 Å². The number of nitrogens with one attached hydrogen (secondary N) is 1. The molecule has 0 spiro atoms. The molecule has 1 atom stereocenters. The topological polar surface area (TPSA) is 72.4 Å². The van der Waals surface area contributed by atoms with Crippen LogP contribution in [0.3, 0.4) is 0 Å². The van der Waals surface area contributed by atoms with Crippen molar-refractivity contribution in [1.29, 1.82) is 0 Å². The lowest BCUT2D eigenvalue weighted by molar-refractivity contribution is 0.102. The molecule has 112 valence electrons. The molecular weight excluding hydrogens is 276 g/mol. The van der Waals surface area contributed by atoms with Crippen LogP contribution in [-0.4, -0.2) is 15.3 Å². The number of hydrogen-bond acceptors (Lipinski definition) is 3. The zero-order valence-electron chi connectivity index (χ0n) is 12.6. The Bertz CT molecular complexity index is 836. The van der Waals surface area contributed by atoms with E-state index in [-0.39, 0.29) is 11.9 Å². The molecule has 3 rings (SSSR count). The van der Waals surface area contributed by atoms with Crippen molar-refractivity contribution in [3.8, 4) is 0 Å². The van der Waals surface area contributed by atoms with Gasteiger partial charge >= 0.3 is 0 Å². The van der Waals surface area contributed by atoms with Crippen molar-refractivity contribution >= 4 is 17.2 Å². The van der Waals surface area contributed by atoms with Crippen molar-refractivity contribution in [2.45, 2.75) is 19.9 Å². The van der Waals surface area contributed by atoms with Gasteiger partial charge in [-0.3, -0.25) is 9.20 Å². The van der Waals surface area contributed by atoms with Gasteiger partial charge in [-0.15, -0.1) is 0 Å². The smallest absolute Gasteiger partial charge is 0.274 e.